The van der Waals surface area contributed by atoms with E-state index in [1.165, 1.54) is 5.56 Å². The third kappa shape index (κ3) is 6.77. The van der Waals surface area contributed by atoms with Crippen LogP contribution in [0.2, 0.25) is 0 Å². The van der Waals surface area contributed by atoms with Crippen LogP contribution in [0, 0.1) is 0 Å². The number of nitrogens with two attached hydrogens (primary N) is 1. The van der Waals surface area contributed by atoms with Crippen molar-refractivity contribution in [1.29, 1.82) is 0 Å². The summed E-state index contributed by atoms with van der Waals surface area (Å²) in [5.41, 5.74) is 9.45. The molecule has 0 saturated heterocycles. The molecule has 0 atom stereocenters. The van der Waals surface area contributed by atoms with Crippen LogP contribution in [0.1, 0.15) is 62.0 Å². The van der Waals surface area contributed by atoms with Gasteiger partial charge < -0.3 is 16.4 Å². The Morgan fingerprint density at radius 3 is 2.48 bits per heavy atom. The normalized spacial score (nSPS) is 12.1. The Labute approximate surface area is 162 Å². The van der Waals surface area contributed by atoms with Crippen molar-refractivity contribution in [2.24, 2.45) is 10.7 Å². The van der Waals surface area contributed by atoms with Gasteiger partial charge in [-0.05, 0) is 62.1 Å². The third-order valence-electron chi connectivity index (χ3n) is 3.94. The fourth-order valence-corrected chi connectivity index (χ4v) is 2.56. The van der Waals surface area contributed by atoms with Crippen LogP contribution in [-0.2, 0) is 6.54 Å². The standard InChI is InChI=1S/C22H30N4O/c1-15(2)17-9-7-11-19(13-17)25-21(23)24-14-16-8-6-10-18(12-16)20(27)26-22(3,4)5/h6-13,15H,14H2,1-5H3,(H,26,27)(H3,23,24,25). The molecule has 27 heavy (non-hydrogen) atoms. The maximum absolute atomic E-state index is 12.3. The number of benzene rings is 2. The number of guanidine groups is 1. The lowest BCUT2D eigenvalue weighted by Gasteiger charge is -2.20. The van der Waals surface area contributed by atoms with Gasteiger partial charge in [-0.3, -0.25) is 4.79 Å². The van der Waals surface area contributed by atoms with Crippen LogP contribution in [-0.4, -0.2) is 17.4 Å². The molecule has 5 nitrogen and oxygen atoms in total. The number of hydrogen-bond donors (Lipinski definition) is 3. The van der Waals surface area contributed by atoms with E-state index < -0.39 is 0 Å². The fraction of sp³-hybridized carbons (Fsp3) is 0.364. The molecule has 0 spiro atoms. The first-order chi connectivity index (χ1) is 12.6. The molecule has 0 saturated carbocycles. The summed E-state index contributed by atoms with van der Waals surface area (Å²) < 4.78 is 0. The smallest absolute Gasteiger partial charge is 0.251 e. The van der Waals surface area contributed by atoms with Crippen LogP contribution in [0.5, 0.6) is 0 Å². The van der Waals surface area contributed by atoms with Crippen molar-refractivity contribution in [3.63, 3.8) is 0 Å². The minimum atomic E-state index is -0.274. The first-order valence-corrected chi connectivity index (χ1v) is 9.22. The van der Waals surface area contributed by atoms with Gasteiger partial charge in [-0.15, -0.1) is 0 Å². The molecular formula is C22H30N4O. The van der Waals surface area contributed by atoms with Gasteiger partial charge in [0.25, 0.3) is 5.91 Å². The second-order valence-electron chi connectivity index (χ2n) is 8.01. The summed E-state index contributed by atoms with van der Waals surface area (Å²) in [5, 5.41) is 6.09. The zero-order chi connectivity index (χ0) is 20.0. The van der Waals surface area contributed by atoms with Crippen molar-refractivity contribution in [2.75, 3.05) is 5.32 Å². The van der Waals surface area contributed by atoms with Gasteiger partial charge >= 0.3 is 0 Å². The molecule has 0 aliphatic heterocycles. The summed E-state index contributed by atoms with van der Waals surface area (Å²) in [4.78, 5) is 16.7. The lowest BCUT2D eigenvalue weighted by Crippen LogP contribution is -2.40. The Balaban J connectivity index is 2.03. The number of anilines is 1. The molecule has 0 bridgehead atoms. The van der Waals surface area contributed by atoms with E-state index in [1.54, 1.807) is 6.07 Å². The van der Waals surface area contributed by atoms with Crippen molar-refractivity contribution < 1.29 is 4.79 Å². The monoisotopic (exact) mass is 366 g/mol. The Morgan fingerprint density at radius 1 is 1.11 bits per heavy atom. The highest BCUT2D eigenvalue weighted by atomic mass is 16.1. The number of rotatable bonds is 5. The molecule has 2 aromatic rings. The molecule has 0 aliphatic rings. The Kier molecular flexibility index (Phi) is 6.61. The van der Waals surface area contributed by atoms with Crippen LogP contribution in [0.4, 0.5) is 5.69 Å². The minimum absolute atomic E-state index is 0.0927. The lowest BCUT2D eigenvalue weighted by molar-refractivity contribution is 0.0919. The molecule has 2 rings (SSSR count). The molecule has 5 heteroatoms. The molecule has 2 aromatic carbocycles. The Bertz CT molecular complexity index is 819. The summed E-state index contributed by atoms with van der Waals surface area (Å²) in [6, 6.07) is 15.6. The molecular weight excluding hydrogens is 336 g/mol. The number of amides is 1. The van der Waals surface area contributed by atoms with E-state index in [2.05, 4.69) is 41.6 Å². The van der Waals surface area contributed by atoms with Gasteiger partial charge in [0.05, 0.1) is 6.54 Å². The number of aliphatic imine (C=N–C) groups is 1. The highest BCUT2D eigenvalue weighted by Gasteiger charge is 2.15. The van der Waals surface area contributed by atoms with E-state index >= 15 is 0 Å². The highest BCUT2D eigenvalue weighted by molar-refractivity contribution is 5.95. The van der Waals surface area contributed by atoms with Crippen LogP contribution < -0.4 is 16.4 Å². The predicted octanol–water partition coefficient (Wildman–Crippen LogP) is 4.27. The van der Waals surface area contributed by atoms with Crippen LogP contribution in [0.3, 0.4) is 0 Å². The first kappa shape index (κ1) is 20.5. The molecule has 0 fully saturated rings. The molecule has 0 aromatic heterocycles. The van der Waals surface area contributed by atoms with Gasteiger partial charge in [0, 0.05) is 16.8 Å². The molecule has 0 unspecified atom stereocenters. The largest absolute Gasteiger partial charge is 0.370 e. The lowest BCUT2D eigenvalue weighted by atomic mass is 10.0. The maximum Gasteiger partial charge on any atom is 0.251 e. The zero-order valence-electron chi connectivity index (χ0n) is 16.8. The van der Waals surface area contributed by atoms with E-state index in [4.69, 9.17) is 5.73 Å². The summed E-state index contributed by atoms with van der Waals surface area (Å²) in [7, 11) is 0. The minimum Gasteiger partial charge on any atom is -0.370 e. The van der Waals surface area contributed by atoms with Crippen molar-refractivity contribution in [2.45, 2.75) is 52.6 Å². The fourth-order valence-electron chi connectivity index (χ4n) is 2.56. The van der Waals surface area contributed by atoms with Gasteiger partial charge in [0.1, 0.15) is 0 Å². The van der Waals surface area contributed by atoms with E-state index in [0.29, 0.717) is 24.0 Å². The Hall–Kier alpha value is -2.82. The molecule has 0 heterocycles. The molecule has 4 N–H and O–H groups in total. The van der Waals surface area contributed by atoms with E-state index in [1.807, 2.05) is 51.1 Å². The van der Waals surface area contributed by atoms with Crippen LogP contribution >= 0.6 is 0 Å². The number of nitrogens with one attached hydrogen (secondary N) is 2. The molecule has 0 aliphatic carbocycles. The topological polar surface area (TPSA) is 79.5 Å². The van der Waals surface area contributed by atoms with E-state index in [-0.39, 0.29) is 11.4 Å². The second-order valence-corrected chi connectivity index (χ2v) is 8.01. The summed E-state index contributed by atoms with van der Waals surface area (Å²) in [6.45, 7) is 10.6. The van der Waals surface area contributed by atoms with Crippen molar-refractivity contribution in [3.8, 4) is 0 Å². The molecule has 0 radical (unpaired) electrons. The third-order valence-corrected chi connectivity index (χ3v) is 3.94. The van der Waals surface area contributed by atoms with Gasteiger partial charge in [-0.2, -0.15) is 0 Å². The maximum atomic E-state index is 12.3. The predicted molar refractivity (Wildman–Crippen MR) is 113 cm³/mol. The van der Waals surface area contributed by atoms with E-state index in [0.717, 1.165) is 11.3 Å². The Morgan fingerprint density at radius 2 is 1.81 bits per heavy atom. The van der Waals surface area contributed by atoms with Crippen molar-refractivity contribution >= 4 is 17.6 Å². The van der Waals surface area contributed by atoms with Crippen LogP contribution in [0.25, 0.3) is 0 Å². The van der Waals surface area contributed by atoms with Gasteiger partial charge in [-0.1, -0.05) is 38.1 Å². The van der Waals surface area contributed by atoms with Gasteiger partial charge in [0.2, 0.25) is 0 Å². The van der Waals surface area contributed by atoms with Gasteiger partial charge in [0.15, 0.2) is 5.96 Å². The number of carbonyl (C=O) groups is 1. The summed E-state index contributed by atoms with van der Waals surface area (Å²) >= 11 is 0. The first-order valence-electron chi connectivity index (χ1n) is 9.22. The molecule has 144 valence electrons. The van der Waals surface area contributed by atoms with Crippen molar-refractivity contribution in [3.05, 3.63) is 65.2 Å². The molecule has 1 amide bonds. The van der Waals surface area contributed by atoms with Crippen LogP contribution in [0.15, 0.2) is 53.5 Å². The second kappa shape index (κ2) is 8.71. The number of hydrogen-bond acceptors (Lipinski definition) is 2. The SMILES string of the molecule is CC(C)c1cccc(NC(N)=NCc2cccc(C(=O)NC(C)(C)C)c2)c1. The van der Waals surface area contributed by atoms with Gasteiger partial charge in [-0.25, -0.2) is 4.99 Å². The van der Waals surface area contributed by atoms with Crippen molar-refractivity contribution in [1.82, 2.24) is 5.32 Å². The quantitative estimate of drug-likeness (QED) is 0.546. The summed E-state index contributed by atoms with van der Waals surface area (Å²) in [5.74, 6) is 0.706. The number of nitrogens with zero attached hydrogens (tertiary/aromatic N) is 1. The average molecular weight is 367 g/mol. The highest BCUT2D eigenvalue weighted by Crippen LogP contribution is 2.18. The van der Waals surface area contributed by atoms with E-state index in [9.17, 15) is 4.79 Å². The zero-order valence-corrected chi connectivity index (χ0v) is 16.8. The summed E-state index contributed by atoms with van der Waals surface area (Å²) in [6.07, 6.45) is 0. The number of carbonyl (C=O) groups excluding carboxylic acids is 1. The average Bonchev–Trinajstić information content (AvgIpc) is 2.59.